The van der Waals surface area contributed by atoms with E-state index >= 15 is 0 Å². The smallest absolute Gasteiger partial charge is 0.324 e. The summed E-state index contributed by atoms with van der Waals surface area (Å²) < 4.78 is 5.72. The lowest BCUT2D eigenvalue weighted by atomic mass is 10.2. The molecule has 0 spiro atoms. The van der Waals surface area contributed by atoms with Crippen LogP contribution < -0.4 is 9.64 Å². The van der Waals surface area contributed by atoms with Crippen molar-refractivity contribution in [1.82, 2.24) is 4.90 Å². The van der Waals surface area contributed by atoms with Crippen molar-refractivity contribution < 1.29 is 9.66 Å². The van der Waals surface area contributed by atoms with Crippen molar-refractivity contribution in [3.05, 3.63) is 51.4 Å². The first-order valence-electron chi connectivity index (χ1n) is 8.09. The van der Waals surface area contributed by atoms with E-state index in [1.807, 2.05) is 31.2 Å². The summed E-state index contributed by atoms with van der Waals surface area (Å²) in [5.74, 6) is 0.933. The van der Waals surface area contributed by atoms with Crippen LogP contribution in [0.4, 0.5) is 10.7 Å². The zero-order valence-electron chi connectivity index (χ0n) is 13.7. The molecule has 1 aromatic carbocycles. The summed E-state index contributed by atoms with van der Waals surface area (Å²) in [5.41, 5.74) is 1.14. The number of hydrogen-bond donors (Lipinski definition) is 0. The van der Waals surface area contributed by atoms with E-state index in [-0.39, 0.29) is 9.92 Å². The topological polar surface area (TPSA) is 58.8 Å². The minimum Gasteiger partial charge on any atom is -0.492 e. The van der Waals surface area contributed by atoms with E-state index in [9.17, 15) is 10.1 Å². The third-order valence-electron chi connectivity index (χ3n) is 4.08. The average molecular weight is 347 g/mol. The Hall–Kier alpha value is -2.12. The molecule has 0 aliphatic carbocycles. The van der Waals surface area contributed by atoms with E-state index < -0.39 is 0 Å². The molecule has 2 aromatic rings. The summed E-state index contributed by atoms with van der Waals surface area (Å²) in [7, 11) is 0. The van der Waals surface area contributed by atoms with Gasteiger partial charge in [-0.2, -0.15) is 0 Å². The fourth-order valence-electron chi connectivity index (χ4n) is 2.91. The van der Waals surface area contributed by atoms with Crippen LogP contribution in [0.25, 0.3) is 0 Å². The van der Waals surface area contributed by atoms with Crippen LogP contribution in [0.15, 0.2) is 36.4 Å². The van der Waals surface area contributed by atoms with Crippen LogP contribution in [0.2, 0.25) is 0 Å². The van der Waals surface area contributed by atoms with Crippen molar-refractivity contribution in [2.24, 2.45) is 0 Å². The largest absolute Gasteiger partial charge is 0.492 e. The van der Waals surface area contributed by atoms with E-state index in [4.69, 9.17) is 4.74 Å². The zero-order valence-corrected chi connectivity index (χ0v) is 14.5. The average Bonchev–Trinajstić information content (AvgIpc) is 3.05. The molecule has 1 aliphatic rings. The van der Waals surface area contributed by atoms with Gasteiger partial charge in [0.15, 0.2) is 0 Å². The van der Waals surface area contributed by atoms with Gasteiger partial charge in [0.05, 0.1) is 17.2 Å². The predicted molar refractivity (Wildman–Crippen MR) is 96.1 cm³/mol. The van der Waals surface area contributed by atoms with Gasteiger partial charge < -0.3 is 9.64 Å². The van der Waals surface area contributed by atoms with Gasteiger partial charge in [0.25, 0.3) is 0 Å². The van der Waals surface area contributed by atoms with E-state index in [1.54, 1.807) is 6.07 Å². The van der Waals surface area contributed by atoms with Crippen molar-refractivity contribution in [3.8, 4) is 5.75 Å². The number of anilines is 1. The molecule has 2 heterocycles. The molecule has 7 heteroatoms. The summed E-state index contributed by atoms with van der Waals surface area (Å²) in [6.45, 7) is 7.16. The highest BCUT2D eigenvalue weighted by atomic mass is 32.1. The molecule has 0 N–H and O–H groups in total. The molecule has 24 heavy (non-hydrogen) atoms. The minimum atomic E-state index is -0.323. The van der Waals surface area contributed by atoms with Crippen molar-refractivity contribution in [2.45, 2.75) is 13.5 Å². The molecule has 1 aromatic heterocycles. The standard InChI is InChI=1S/C17H21N3O3S/c1-2-23-16-6-4-3-5-15(16)19-11-9-18(10-12-19)13-14-7-8-17(24-14)20(21)22/h3-8H,2,9-13H2,1H3. The summed E-state index contributed by atoms with van der Waals surface area (Å²) in [6, 6.07) is 11.6. The van der Waals surface area contributed by atoms with Gasteiger partial charge in [-0.1, -0.05) is 23.5 Å². The van der Waals surface area contributed by atoms with Crippen molar-refractivity contribution in [3.63, 3.8) is 0 Å². The monoisotopic (exact) mass is 347 g/mol. The number of piperazine rings is 1. The number of rotatable bonds is 6. The van der Waals surface area contributed by atoms with Crippen molar-refractivity contribution in [1.29, 1.82) is 0 Å². The van der Waals surface area contributed by atoms with Gasteiger partial charge in [0.1, 0.15) is 5.75 Å². The Labute approximate surface area is 145 Å². The normalized spacial score (nSPS) is 15.5. The van der Waals surface area contributed by atoms with Crippen LogP contribution in [0.5, 0.6) is 5.75 Å². The fraction of sp³-hybridized carbons (Fsp3) is 0.412. The van der Waals surface area contributed by atoms with Gasteiger partial charge in [-0.05, 0) is 25.1 Å². The van der Waals surface area contributed by atoms with Gasteiger partial charge in [-0.15, -0.1) is 0 Å². The Kier molecular flexibility index (Phi) is 5.32. The third-order valence-corrected chi connectivity index (χ3v) is 5.11. The fourth-order valence-corrected chi connectivity index (χ4v) is 3.78. The Morgan fingerprint density at radius 3 is 2.58 bits per heavy atom. The van der Waals surface area contributed by atoms with E-state index in [2.05, 4.69) is 15.9 Å². The number of thiophene rings is 1. The first-order chi connectivity index (χ1) is 11.7. The highest BCUT2D eigenvalue weighted by Crippen LogP contribution is 2.30. The molecule has 0 amide bonds. The SMILES string of the molecule is CCOc1ccccc1N1CCN(Cc2ccc([N+](=O)[O-])s2)CC1. The number of para-hydroxylation sites is 2. The molecule has 3 rings (SSSR count). The Morgan fingerprint density at radius 2 is 1.92 bits per heavy atom. The molecule has 1 saturated heterocycles. The Bertz CT molecular complexity index is 696. The molecule has 128 valence electrons. The summed E-state index contributed by atoms with van der Waals surface area (Å²) in [5, 5.41) is 11.0. The Balaban J connectivity index is 1.58. The maximum Gasteiger partial charge on any atom is 0.324 e. The van der Waals surface area contributed by atoms with E-state index in [0.29, 0.717) is 6.61 Å². The molecule has 0 unspecified atom stereocenters. The van der Waals surface area contributed by atoms with Crippen LogP contribution in [-0.2, 0) is 6.54 Å². The van der Waals surface area contributed by atoms with E-state index in [1.165, 1.54) is 11.3 Å². The lowest BCUT2D eigenvalue weighted by Crippen LogP contribution is -2.46. The third kappa shape index (κ3) is 3.85. The minimum absolute atomic E-state index is 0.217. The maximum atomic E-state index is 10.8. The van der Waals surface area contributed by atoms with Crippen molar-refractivity contribution >= 4 is 22.0 Å². The summed E-state index contributed by atoms with van der Waals surface area (Å²) in [6.07, 6.45) is 0. The molecule has 6 nitrogen and oxygen atoms in total. The molecule has 1 fully saturated rings. The van der Waals surface area contributed by atoms with E-state index in [0.717, 1.165) is 49.0 Å². The second-order valence-corrected chi connectivity index (χ2v) is 6.81. The van der Waals surface area contributed by atoms with Gasteiger partial charge in [-0.25, -0.2) is 0 Å². The second kappa shape index (κ2) is 7.63. The molecule has 0 bridgehead atoms. The summed E-state index contributed by atoms with van der Waals surface area (Å²) in [4.78, 5) is 16.2. The number of hydrogen-bond acceptors (Lipinski definition) is 6. The molecule has 0 radical (unpaired) electrons. The molecule has 0 saturated carbocycles. The van der Waals surface area contributed by atoms with Gasteiger partial charge in [0, 0.05) is 43.7 Å². The van der Waals surface area contributed by atoms with Crippen LogP contribution in [0, 0.1) is 10.1 Å². The quantitative estimate of drug-likeness (QED) is 0.592. The molecule has 0 atom stereocenters. The number of ether oxygens (including phenoxy) is 1. The molecule has 1 aliphatic heterocycles. The van der Waals surface area contributed by atoms with Crippen LogP contribution in [-0.4, -0.2) is 42.6 Å². The van der Waals surface area contributed by atoms with Crippen LogP contribution in [0.1, 0.15) is 11.8 Å². The van der Waals surface area contributed by atoms with Crippen LogP contribution >= 0.6 is 11.3 Å². The van der Waals surface area contributed by atoms with Crippen molar-refractivity contribution in [2.75, 3.05) is 37.7 Å². The Morgan fingerprint density at radius 1 is 1.17 bits per heavy atom. The highest BCUT2D eigenvalue weighted by molar-refractivity contribution is 7.15. The molecular weight excluding hydrogens is 326 g/mol. The van der Waals surface area contributed by atoms with Gasteiger partial charge in [0.2, 0.25) is 0 Å². The zero-order chi connectivity index (χ0) is 16.9. The summed E-state index contributed by atoms with van der Waals surface area (Å²) >= 11 is 1.27. The van der Waals surface area contributed by atoms with Gasteiger partial charge >= 0.3 is 5.00 Å². The number of nitrogens with zero attached hydrogens (tertiary/aromatic N) is 3. The highest BCUT2D eigenvalue weighted by Gasteiger charge is 2.20. The lowest BCUT2D eigenvalue weighted by molar-refractivity contribution is -0.380. The first-order valence-corrected chi connectivity index (χ1v) is 8.91. The van der Waals surface area contributed by atoms with Crippen LogP contribution in [0.3, 0.4) is 0 Å². The lowest BCUT2D eigenvalue weighted by Gasteiger charge is -2.36. The predicted octanol–water partition coefficient (Wildman–Crippen LogP) is 3.38. The first kappa shape index (κ1) is 16.7. The van der Waals surface area contributed by atoms with Gasteiger partial charge in [-0.3, -0.25) is 15.0 Å². The maximum absolute atomic E-state index is 10.8. The number of nitro groups is 1. The molecular formula is C17H21N3O3S. The second-order valence-electron chi connectivity index (χ2n) is 5.66. The number of benzene rings is 1.